The molecule has 3 heteroatoms. The number of carbonyl (C=O) groups is 1. The standard InChI is InChI=1S/C7H15NO2.C3H6.C2H6/c1-4-10-7(9)8-5-6(2)3;1-2-3-1;1-2/h6H,4-5H2,1-3H3,(H,8,9);1-3H2;1-2H3. The molecule has 0 bridgehead atoms. The van der Waals surface area contributed by atoms with Gasteiger partial charge in [-0.3, -0.25) is 0 Å². The lowest BCUT2D eigenvalue weighted by atomic mass is 10.2. The number of amides is 1. The molecule has 1 amide bonds. The maximum atomic E-state index is 10.6. The maximum absolute atomic E-state index is 10.6. The van der Waals surface area contributed by atoms with Crippen molar-refractivity contribution in [3.05, 3.63) is 0 Å². The Morgan fingerprint density at radius 1 is 1.27 bits per heavy atom. The predicted octanol–water partition coefficient (Wildman–Crippen LogP) is 3.59. The van der Waals surface area contributed by atoms with Crippen molar-refractivity contribution in [2.45, 2.75) is 53.9 Å². The van der Waals surface area contributed by atoms with E-state index in [2.05, 4.69) is 10.1 Å². The molecule has 0 aromatic heterocycles. The SMILES string of the molecule is C1CC1.CC.CCOC(=O)NCC(C)C. The molecule has 0 radical (unpaired) electrons. The topological polar surface area (TPSA) is 38.3 Å². The Labute approximate surface area is 94.6 Å². The molecular formula is C12H27NO2. The van der Waals surface area contributed by atoms with Crippen LogP contribution >= 0.6 is 0 Å². The third kappa shape index (κ3) is 24.6. The number of hydrogen-bond donors (Lipinski definition) is 1. The lowest BCUT2D eigenvalue weighted by molar-refractivity contribution is 0.151. The highest BCUT2D eigenvalue weighted by molar-refractivity contribution is 5.66. The van der Waals surface area contributed by atoms with Gasteiger partial charge in [0.1, 0.15) is 0 Å². The molecule has 1 N–H and O–H groups in total. The molecule has 0 spiro atoms. The van der Waals surface area contributed by atoms with E-state index in [0.29, 0.717) is 19.1 Å². The fraction of sp³-hybridized carbons (Fsp3) is 0.917. The Bertz CT molecular complexity index is 131. The Morgan fingerprint density at radius 3 is 2.00 bits per heavy atom. The smallest absolute Gasteiger partial charge is 0.407 e. The minimum atomic E-state index is -0.323. The molecule has 0 unspecified atom stereocenters. The molecule has 1 aliphatic carbocycles. The van der Waals surface area contributed by atoms with E-state index in [9.17, 15) is 4.79 Å². The van der Waals surface area contributed by atoms with Crippen molar-refractivity contribution >= 4 is 6.09 Å². The molecule has 1 aliphatic rings. The van der Waals surface area contributed by atoms with Crippen molar-refractivity contribution in [3.8, 4) is 0 Å². The Balaban J connectivity index is 0. The number of alkyl carbamates (subject to hydrolysis) is 1. The van der Waals surface area contributed by atoms with Crippen LogP contribution in [0.1, 0.15) is 53.9 Å². The van der Waals surface area contributed by atoms with E-state index < -0.39 is 0 Å². The second-order valence-corrected chi connectivity index (χ2v) is 3.56. The minimum Gasteiger partial charge on any atom is -0.450 e. The highest BCUT2D eigenvalue weighted by Gasteiger charge is 1.99. The van der Waals surface area contributed by atoms with E-state index in [1.54, 1.807) is 6.92 Å². The lowest BCUT2D eigenvalue weighted by Crippen LogP contribution is -2.27. The maximum Gasteiger partial charge on any atom is 0.407 e. The first kappa shape index (κ1) is 16.7. The molecule has 3 nitrogen and oxygen atoms in total. The van der Waals surface area contributed by atoms with Gasteiger partial charge in [0, 0.05) is 6.54 Å². The number of rotatable bonds is 3. The Kier molecular flexibility index (Phi) is 14.8. The van der Waals surface area contributed by atoms with Crippen molar-refractivity contribution in [1.82, 2.24) is 5.32 Å². The highest BCUT2D eigenvalue weighted by atomic mass is 16.5. The summed E-state index contributed by atoms with van der Waals surface area (Å²) in [6.07, 6.45) is 4.18. The normalized spacial score (nSPS) is 11.6. The molecular weight excluding hydrogens is 190 g/mol. The van der Waals surface area contributed by atoms with Crippen molar-refractivity contribution in [1.29, 1.82) is 0 Å². The van der Waals surface area contributed by atoms with Gasteiger partial charge in [-0.25, -0.2) is 4.79 Å². The average Bonchev–Trinajstić information content (AvgIpc) is 3.05. The molecule has 15 heavy (non-hydrogen) atoms. The van der Waals surface area contributed by atoms with Crippen LogP contribution < -0.4 is 5.32 Å². The molecule has 0 aromatic carbocycles. The number of hydrogen-bond acceptors (Lipinski definition) is 2. The molecule has 0 aliphatic heterocycles. The average molecular weight is 217 g/mol. The second kappa shape index (κ2) is 13.3. The van der Waals surface area contributed by atoms with Crippen LogP contribution in [0.3, 0.4) is 0 Å². The number of ether oxygens (including phenoxy) is 1. The van der Waals surface area contributed by atoms with Crippen LogP contribution in [0.25, 0.3) is 0 Å². The zero-order valence-corrected chi connectivity index (χ0v) is 10.9. The third-order valence-electron chi connectivity index (χ3n) is 1.28. The molecule has 92 valence electrons. The van der Waals surface area contributed by atoms with Crippen molar-refractivity contribution in [2.75, 3.05) is 13.2 Å². The van der Waals surface area contributed by atoms with Gasteiger partial charge in [0.15, 0.2) is 0 Å². The van der Waals surface area contributed by atoms with Crippen LogP contribution in [-0.4, -0.2) is 19.2 Å². The first-order valence-corrected chi connectivity index (χ1v) is 6.07. The minimum absolute atomic E-state index is 0.323. The molecule has 1 saturated carbocycles. The monoisotopic (exact) mass is 217 g/mol. The Morgan fingerprint density at radius 2 is 1.73 bits per heavy atom. The second-order valence-electron chi connectivity index (χ2n) is 3.56. The van der Waals surface area contributed by atoms with Crippen LogP contribution in [0.5, 0.6) is 0 Å². The first-order chi connectivity index (χ1) is 7.16. The van der Waals surface area contributed by atoms with Crippen LogP contribution in [-0.2, 0) is 4.74 Å². The van der Waals surface area contributed by atoms with Crippen LogP contribution in [0.4, 0.5) is 4.79 Å². The zero-order valence-electron chi connectivity index (χ0n) is 10.9. The van der Waals surface area contributed by atoms with Gasteiger partial charge in [0.2, 0.25) is 0 Å². The largest absolute Gasteiger partial charge is 0.450 e. The van der Waals surface area contributed by atoms with Gasteiger partial charge < -0.3 is 10.1 Å². The van der Waals surface area contributed by atoms with Crippen molar-refractivity contribution in [3.63, 3.8) is 0 Å². The van der Waals surface area contributed by atoms with Crippen LogP contribution in [0.2, 0.25) is 0 Å². The summed E-state index contributed by atoms with van der Waals surface area (Å²) >= 11 is 0. The summed E-state index contributed by atoms with van der Waals surface area (Å²) in [7, 11) is 0. The van der Waals surface area contributed by atoms with E-state index in [4.69, 9.17) is 0 Å². The van der Waals surface area contributed by atoms with E-state index in [0.717, 1.165) is 0 Å². The summed E-state index contributed by atoms with van der Waals surface area (Å²) in [5.41, 5.74) is 0. The van der Waals surface area contributed by atoms with Gasteiger partial charge in [0.05, 0.1) is 6.61 Å². The van der Waals surface area contributed by atoms with Crippen LogP contribution in [0, 0.1) is 5.92 Å². The fourth-order valence-corrected chi connectivity index (χ4v) is 0.470. The van der Waals surface area contributed by atoms with Crippen molar-refractivity contribution in [2.24, 2.45) is 5.92 Å². The summed E-state index contributed by atoms with van der Waals surface area (Å²) in [6, 6.07) is 0. The quantitative estimate of drug-likeness (QED) is 0.784. The zero-order chi connectivity index (χ0) is 12.1. The van der Waals surface area contributed by atoms with E-state index >= 15 is 0 Å². The summed E-state index contributed by atoms with van der Waals surface area (Å²) in [5, 5.41) is 2.62. The van der Waals surface area contributed by atoms with Gasteiger partial charge in [-0.1, -0.05) is 47.0 Å². The summed E-state index contributed by atoms with van der Waals surface area (Å²) in [6.45, 7) is 11.0. The first-order valence-electron chi connectivity index (χ1n) is 6.07. The van der Waals surface area contributed by atoms with Gasteiger partial charge in [-0.2, -0.15) is 0 Å². The molecule has 0 heterocycles. The van der Waals surface area contributed by atoms with E-state index in [-0.39, 0.29) is 6.09 Å². The van der Waals surface area contributed by atoms with Gasteiger partial charge in [-0.05, 0) is 12.8 Å². The highest BCUT2D eigenvalue weighted by Crippen LogP contribution is 2.14. The molecule has 0 aromatic rings. The summed E-state index contributed by atoms with van der Waals surface area (Å²) < 4.78 is 4.64. The molecule has 0 atom stereocenters. The molecule has 1 rings (SSSR count). The van der Waals surface area contributed by atoms with E-state index in [1.807, 2.05) is 27.7 Å². The number of carbonyl (C=O) groups excluding carboxylic acids is 1. The molecule has 1 fully saturated rings. The third-order valence-corrected chi connectivity index (χ3v) is 1.28. The number of nitrogens with one attached hydrogen (secondary N) is 1. The summed E-state index contributed by atoms with van der Waals surface area (Å²) in [5.74, 6) is 0.476. The Hall–Kier alpha value is -0.730. The summed E-state index contributed by atoms with van der Waals surface area (Å²) in [4.78, 5) is 10.6. The van der Waals surface area contributed by atoms with Crippen molar-refractivity contribution < 1.29 is 9.53 Å². The van der Waals surface area contributed by atoms with Gasteiger partial charge in [-0.15, -0.1) is 0 Å². The fourth-order valence-electron chi connectivity index (χ4n) is 0.470. The van der Waals surface area contributed by atoms with Gasteiger partial charge in [0.25, 0.3) is 0 Å². The molecule has 0 saturated heterocycles. The van der Waals surface area contributed by atoms with Gasteiger partial charge >= 0.3 is 6.09 Å². The van der Waals surface area contributed by atoms with Crippen LogP contribution in [0.15, 0.2) is 0 Å². The lowest BCUT2D eigenvalue weighted by Gasteiger charge is -2.06. The van der Waals surface area contributed by atoms with E-state index in [1.165, 1.54) is 19.3 Å². The predicted molar refractivity (Wildman–Crippen MR) is 65.1 cm³/mol.